The van der Waals surface area contributed by atoms with Gasteiger partial charge in [-0.25, -0.2) is 4.79 Å². The van der Waals surface area contributed by atoms with Crippen LogP contribution in [0.5, 0.6) is 0 Å². The molecule has 6 heteroatoms. The number of hydrogen-bond acceptors (Lipinski definition) is 3. The lowest BCUT2D eigenvalue weighted by Crippen LogP contribution is -2.42. The number of rotatable bonds is 7. The van der Waals surface area contributed by atoms with Crippen molar-refractivity contribution in [3.8, 4) is 0 Å². The van der Waals surface area contributed by atoms with Gasteiger partial charge in [0.2, 0.25) is 0 Å². The lowest BCUT2D eigenvalue weighted by Gasteiger charge is -2.27. The molecule has 1 aliphatic rings. The quantitative estimate of drug-likeness (QED) is 0.744. The summed E-state index contributed by atoms with van der Waals surface area (Å²) < 4.78 is 5.40. The number of hydrogen-bond donors (Lipinski definition) is 2. The highest BCUT2D eigenvalue weighted by molar-refractivity contribution is 5.73. The molecule has 2 N–H and O–H groups in total. The molecule has 0 spiro atoms. The van der Waals surface area contributed by atoms with E-state index in [1.165, 1.54) is 0 Å². The number of nitrogens with one attached hydrogen (secondary N) is 1. The van der Waals surface area contributed by atoms with Crippen LogP contribution in [0.2, 0.25) is 0 Å². The molecule has 0 bridgehead atoms. The maximum atomic E-state index is 11.9. The molecule has 0 aromatic carbocycles. The molecule has 2 unspecified atom stereocenters. The minimum atomic E-state index is -0.794. The molecule has 2 atom stereocenters. The molecule has 1 aliphatic heterocycles. The number of nitrogens with zero attached hydrogens (tertiary/aromatic N) is 1. The van der Waals surface area contributed by atoms with Crippen LogP contribution in [-0.4, -0.2) is 55.4 Å². The van der Waals surface area contributed by atoms with Crippen LogP contribution in [0, 0.1) is 11.8 Å². The summed E-state index contributed by atoms with van der Waals surface area (Å²) in [6.45, 7) is 4.71. The first-order valence-corrected chi connectivity index (χ1v) is 7.27. The minimum Gasteiger partial charge on any atom is -0.481 e. The van der Waals surface area contributed by atoms with Crippen LogP contribution in [-0.2, 0) is 9.53 Å². The monoisotopic (exact) mass is 286 g/mol. The topological polar surface area (TPSA) is 78.9 Å². The van der Waals surface area contributed by atoms with Crippen molar-refractivity contribution in [2.75, 3.05) is 33.4 Å². The molecular weight excluding hydrogens is 260 g/mol. The van der Waals surface area contributed by atoms with Crippen LogP contribution in [0.1, 0.15) is 32.6 Å². The highest BCUT2D eigenvalue weighted by atomic mass is 16.5. The third-order valence-electron chi connectivity index (χ3n) is 3.59. The molecule has 0 radical (unpaired) electrons. The number of urea groups is 1. The third-order valence-corrected chi connectivity index (χ3v) is 3.59. The van der Waals surface area contributed by atoms with E-state index in [-0.39, 0.29) is 18.4 Å². The maximum absolute atomic E-state index is 11.9. The van der Waals surface area contributed by atoms with Gasteiger partial charge in [-0.05, 0) is 25.2 Å². The molecule has 0 aromatic rings. The summed E-state index contributed by atoms with van der Waals surface area (Å²) in [4.78, 5) is 24.1. The first-order valence-electron chi connectivity index (χ1n) is 7.27. The Morgan fingerprint density at radius 1 is 1.50 bits per heavy atom. The van der Waals surface area contributed by atoms with Gasteiger partial charge >= 0.3 is 12.0 Å². The summed E-state index contributed by atoms with van der Waals surface area (Å²) in [5, 5.41) is 11.5. The number of carboxylic acids is 1. The van der Waals surface area contributed by atoms with Crippen LogP contribution in [0.4, 0.5) is 4.79 Å². The van der Waals surface area contributed by atoms with Gasteiger partial charge in [-0.1, -0.05) is 6.92 Å². The summed E-state index contributed by atoms with van der Waals surface area (Å²) in [7, 11) is 1.78. The molecule has 0 aliphatic carbocycles. The second kappa shape index (κ2) is 8.79. The Labute approximate surface area is 120 Å². The molecule has 116 valence electrons. The van der Waals surface area contributed by atoms with Crippen LogP contribution in [0.25, 0.3) is 0 Å². The Morgan fingerprint density at radius 2 is 2.25 bits per heavy atom. The van der Waals surface area contributed by atoms with Gasteiger partial charge in [-0.2, -0.15) is 0 Å². The maximum Gasteiger partial charge on any atom is 0.317 e. The van der Waals surface area contributed by atoms with Gasteiger partial charge in [-0.3, -0.25) is 4.79 Å². The van der Waals surface area contributed by atoms with Crippen molar-refractivity contribution in [3.05, 3.63) is 0 Å². The minimum absolute atomic E-state index is 0.0993. The van der Waals surface area contributed by atoms with Crippen molar-refractivity contribution in [1.82, 2.24) is 10.2 Å². The molecule has 2 amide bonds. The second-order valence-corrected chi connectivity index (χ2v) is 5.69. The van der Waals surface area contributed by atoms with Crippen molar-refractivity contribution in [1.29, 1.82) is 0 Å². The number of carbonyl (C=O) groups is 2. The van der Waals surface area contributed by atoms with E-state index in [0.29, 0.717) is 25.4 Å². The molecular formula is C14H26N2O4. The van der Waals surface area contributed by atoms with E-state index in [4.69, 9.17) is 9.84 Å². The van der Waals surface area contributed by atoms with E-state index in [0.717, 1.165) is 26.1 Å². The summed E-state index contributed by atoms with van der Waals surface area (Å²) in [5.74, 6) is -0.206. The predicted molar refractivity (Wildman–Crippen MR) is 75.6 cm³/mol. The zero-order valence-corrected chi connectivity index (χ0v) is 12.4. The summed E-state index contributed by atoms with van der Waals surface area (Å²) in [6.07, 6.45) is 2.89. The van der Waals surface area contributed by atoms with Crippen LogP contribution >= 0.6 is 0 Å². The first-order chi connectivity index (χ1) is 9.49. The molecule has 1 rings (SSSR count). The molecule has 20 heavy (non-hydrogen) atoms. The van der Waals surface area contributed by atoms with E-state index in [2.05, 4.69) is 5.32 Å². The van der Waals surface area contributed by atoms with E-state index in [1.807, 2.05) is 6.92 Å². The molecule has 1 fully saturated rings. The van der Waals surface area contributed by atoms with Crippen LogP contribution < -0.4 is 5.32 Å². The Hall–Kier alpha value is -1.30. The van der Waals surface area contributed by atoms with Crippen LogP contribution in [0.15, 0.2) is 0 Å². The molecule has 6 nitrogen and oxygen atoms in total. The summed E-state index contributed by atoms with van der Waals surface area (Å²) in [6, 6.07) is -0.0993. The van der Waals surface area contributed by atoms with E-state index >= 15 is 0 Å². The average Bonchev–Trinajstić information content (AvgIpc) is 2.43. The molecule has 1 heterocycles. The summed E-state index contributed by atoms with van der Waals surface area (Å²) in [5.41, 5.74) is 0. The third kappa shape index (κ3) is 6.75. The Morgan fingerprint density at radius 3 is 2.85 bits per heavy atom. The van der Waals surface area contributed by atoms with Gasteiger partial charge in [0.05, 0.1) is 6.61 Å². The van der Waals surface area contributed by atoms with Crippen molar-refractivity contribution in [3.63, 3.8) is 0 Å². The highest BCUT2D eigenvalue weighted by Crippen LogP contribution is 2.14. The zero-order valence-electron chi connectivity index (χ0n) is 12.4. The van der Waals surface area contributed by atoms with Gasteiger partial charge in [0.15, 0.2) is 0 Å². The van der Waals surface area contributed by atoms with Crippen molar-refractivity contribution in [2.24, 2.45) is 11.8 Å². The van der Waals surface area contributed by atoms with Gasteiger partial charge in [-0.15, -0.1) is 0 Å². The van der Waals surface area contributed by atoms with Crippen molar-refractivity contribution in [2.45, 2.75) is 32.6 Å². The van der Waals surface area contributed by atoms with Crippen LogP contribution in [0.3, 0.4) is 0 Å². The standard InChI is InChI=1S/C14H26N2O4/c1-11(5-6-13(17)18)8-15-14(19)16(2)9-12-4-3-7-20-10-12/h11-12H,3-10H2,1-2H3,(H,15,19)(H,17,18). The van der Waals surface area contributed by atoms with Gasteiger partial charge in [0.1, 0.15) is 0 Å². The Balaban J connectivity index is 2.18. The van der Waals surface area contributed by atoms with Gasteiger partial charge in [0, 0.05) is 39.1 Å². The number of amides is 2. The molecule has 1 saturated heterocycles. The second-order valence-electron chi connectivity index (χ2n) is 5.69. The van der Waals surface area contributed by atoms with Crippen molar-refractivity contribution < 1.29 is 19.4 Å². The lowest BCUT2D eigenvalue weighted by atomic mass is 10.0. The fraction of sp³-hybridized carbons (Fsp3) is 0.857. The first kappa shape index (κ1) is 16.8. The Kier molecular flexibility index (Phi) is 7.36. The normalized spacial score (nSPS) is 20.2. The smallest absolute Gasteiger partial charge is 0.317 e. The number of ether oxygens (including phenoxy) is 1. The largest absolute Gasteiger partial charge is 0.481 e. The van der Waals surface area contributed by atoms with Gasteiger partial charge < -0.3 is 20.1 Å². The molecule has 0 aromatic heterocycles. The number of carbonyl (C=O) groups excluding carboxylic acids is 1. The van der Waals surface area contributed by atoms with E-state index in [9.17, 15) is 9.59 Å². The number of carboxylic acid groups (broad SMARTS) is 1. The predicted octanol–water partition coefficient (Wildman–Crippen LogP) is 1.56. The Bertz CT molecular complexity index is 316. The van der Waals surface area contributed by atoms with Gasteiger partial charge in [0.25, 0.3) is 0 Å². The SMILES string of the molecule is CC(CCC(=O)O)CNC(=O)N(C)CC1CCCOC1. The average molecular weight is 286 g/mol. The number of aliphatic carboxylic acids is 1. The fourth-order valence-corrected chi connectivity index (χ4v) is 2.29. The zero-order chi connectivity index (χ0) is 15.0. The van der Waals surface area contributed by atoms with Crippen molar-refractivity contribution >= 4 is 12.0 Å². The lowest BCUT2D eigenvalue weighted by molar-refractivity contribution is -0.137. The molecule has 0 saturated carbocycles. The van der Waals surface area contributed by atoms with E-state index in [1.54, 1.807) is 11.9 Å². The van der Waals surface area contributed by atoms with E-state index < -0.39 is 5.97 Å². The summed E-state index contributed by atoms with van der Waals surface area (Å²) >= 11 is 0. The highest BCUT2D eigenvalue weighted by Gasteiger charge is 2.18. The fourth-order valence-electron chi connectivity index (χ4n) is 2.29.